The normalized spacial score (nSPS) is 13.0. The molecule has 0 aromatic heterocycles. The van der Waals surface area contributed by atoms with Gasteiger partial charge in [0.2, 0.25) is 0 Å². The van der Waals surface area contributed by atoms with Crippen LogP contribution in [-0.4, -0.2) is 14.7 Å². The molecular weight excluding hydrogens is 199 g/mol. The molecule has 0 aliphatic heterocycles. The lowest BCUT2D eigenvalue weighted by atomic mass is 9.87. The van der Waals surface area contributed by atoms with Crippen molar-refractivity contribution in [3.8, 4) is 0 Å². The van der Waals surface area contributed by atoms with Crippen molar-refractivity contribution in [3.63, 3.8) is 0 Å². The lowest BCUT2D eigenvalue weighted by molar-refractivity contribution is 0.347. The van der Waals surface area contributed by atoms with Crippen molar-refractivity contribution >= 4 is 13.2 Å². The van der Waals surface area contributed by atoms with E-state index < -0.39 is 7.94 Å². The SMILES string of the molecule is CC(C)(C)c1cccc([P+](O)(O)O)c1. The van der Waals surface area contributed by atoms with Crippen molar-refractivity contribution < 1.29 is 14.7 Å². The van der Waals surface area contributed by atoms with E-state index in [-0.39, 0.29) is 10.7 Å². The van der Waals surface area contributed by atoms with Crippen molar-refractivity contribution in [1.82, 2.24) is 0 Å². The Morgan fingerprint density at radius 3 is 2.07 bits per heavy atom. The van der Waals surface area contributed by atoms with Crippen molar-refractivity contribution in [2.24, 2.45) is 0 Å². The monoisotopic (exact) mass is 215 g/mol. The van der Waals surface area contributed by atoms with Crippen LogP contribution in [0.5, 0.6) is 0 Å². The van der Waals surface area contributed by atoms with Crippen molar-refractivity contribution in [2.45, 2.75) is 26.2 Å². The Balaban J connectivity index is 3.15. The molecule has 3 nitrogen and oxygen atoms in total. The maximum atomic E-state index is 9.10. The van der Waals surface area contributed by atoms with Crippen LogP contribution in [-0.2, 0) is 5.41 Å². The minimum Gasteiger partial charge on any atom is -0.189 e. The summed E-state index contributed by atoms with van der Waals surface area (Å²) in [5.74, 6) is 0. The number of benzene rings is 1. The molecule has 1 aromatic carbocycles. The van der Waals surface area contributed by atoms with Gasteiger partial charge in [0.05, 0.1) is 0 Å². The second-order valence-corrected chi connectivity index (χ2v) is 6.02. The van der Waals surface area contributed by atoms with E-state index in [0.717, 1.165) is 5.56 Å². The van der Waals surface area contributed by atoms with Gasteiger partial charge in [-0.25, -0.2) is 0 Å². The van der Waals surface area contributed by atoms with E-state index in [1.165, 1.54) is 6.07 Å². The van der Waals surface area contributed by atoms with Crippen LogP contribution in [0.15, 0.2) is 24.3 Å². The van der Waals surface area contributed by atoms with Crippen molar-refractivity contribution in [1.29, 1.82) is 0 Å². The zero-order valence-electron chi connectivity index (χ0n) is 8.60. The summed E-state index contributed by atoms with van der Waals surface area (Å²) in [5.41, 5.74) is 0.905. The predicted molar refractivity (Wildman–Crippen MR) is 58.4 cm³/mol. The highest BCUT2D eigenvalue weighted by Crippen LogP contribution is 2.43. The first kappa shape index (κ1) is 11.6. The van der Waals surface area contributed by atoms with Gasteiger partial charge in [-0.15, -0.1) is 0 Å². The van der Waals surface area contributed by atoms with Gasteiger partial charge in [-0.3, -0.25) is 0 Å². The van der Waals surface area contributed by atoms with Gasteiger partial charge in [0.25, 0.3) is 0 Å². The molecule has 3 N–H and O–H groups in total. The Morgan fingerprint density at radius 2 is 1.64 bits per heavy atom. The molecule has 1 aromatic rings. The Bertz CT molecular complexity index is 294. The molecule has 0 saturated heterocycles. The zero-order valence-corrected chi connectivity index (χ0v) is 9.49. The highest BCUT2D eigenvalue weighted by Gasteiger charge is 2.34. The van der Waals surface area contributed by atoms with Gasteiger partial charge in [0.15, 0.2) is 5.30 Å². The van der Waals surface area contributed by atoms with Crippen LogP contribution >= 0.6 is 7.94 Å². The summed E-state index contributed by atoms with van der Waals surface area (Å²) in [6.07, 6.45) is 0. The average Bonchev–Trinajstić information content (AvgIpc) is 2.01. The van der Waals surface area contributed by atoms with E-state index in [0.29, 0.717) is 0 Å². The van der Waals surface area contributed by atoms with Crippen LogP contribution in [0.25, 0.3) is 0 Å². The number of hydrogen-bond donors (Lipinski definition) is 3. The number of rotatable bonds is 1. The topological polar surface area (TPSA) is 60.7 Å². The Labute approximate surface area is 84.6 Å². The molecule has 0 radical (unpaired) electrons. The lowest BCUT2D eigenvalue weighted by Crippen LogP contribution is -2.16. The van der Waals surface area contributed by atoms with E-state index in [4.69, 9.17) is 14.7 Å². The lowest BCUT2D eigenvalue weighted by Gasteiger charge is -2.19. The molecule has 0 aliphatic rings. The van der Waals surface area contributed by atoms with Crippen LogP contribution in [0.1, 0.15) is 26.3 Å². The standard InChI is InChI=1S/C10H16O3P/c1-10(2,3)8-5-4-6-9(7-8)14(11,12)13/h4-7,11-13H,1-3H3/q+1. The van der Waals surface area contributed by atoms with Gasteiger partial charge < -0.3 is 0 Å². The van der Waals surface area contributed by atoms with Crippen molar-refractivity contribution in [2.75, 3.05) is 0 Å². The zero-order chi connectivity index (χ0) is 11.0. The van der Waals surface area contributed by atoms with Crippen LogP contribution in [0.2, 0.25) is 0 Å². The van der Waals surface area contributed by atoms with E-state index in [1.54, 1.807) is 12.1 Å². The fourth-order valence-electron chi connectivity index (χ4n) is 1.16. The van der Waals surface area contributed by atoms with Gasteiger partial charge in [-0.1, -0.05) is 32.9 Å². The van der Waals surface area contributed by atoms with Gasteiger partial charge >= 0.3 is 7.94 Å². The minimum absolute atomic E-state index is 0.0643. The van der Waals surface area contributed by atoms with Crippen LogP contribution < -0.4 is 5.30 Å². The molecule has 0 unspecified atom stereocenters. The summed E-state index contributed by atoms with van der Waals surface area (Å²) >= 11 is 0. The molecule has 0 saturated carbocycles. The molecule has 0 bridgehead atoms. The van der Waals surface area contributed by atoms with Crippen LogP contribution in [0, 0.1) is 0 Å². The Kier molecular flexibility index (Phi) is 2.98. The third-order valence-corrected chi connectivity index (χ3v) is 3.03. The largest absolute Gasteiger partial charge is 0.440 e. The maximum absolute atomic E-state index is 9.10. The minimum atomic E-state index is -3.86. The first-order valence-corrected chi connectivity index (χ1v) is 6.04. The van der Waals surface area contributed by atoms with Gasteiger partial charge in [0, 0.05) is 0 Å². The summed E-state index contributed by atoms with van der Waals surface area (Å²) in [7, 11) is -3.86. The second kappa shape index (κ2) is 3.59. The molecule has 1 rings (SSSR count). The van der Waals surface area contributed by atoms with Crippen LogP contribution in [0.3, 0.4) is 0 Å². The van der Waals surface area contributed by atoms with Gasteiger partial charge in [-0.2, -0.15) is 14.7 Å². The van der Waals surface area contributed by atoms with Gasteiger partial charge in [-0.05, 0) is 23.1 Å². The third-order valence-electron chi connectivity index (χ3n) is 2.06. The fourth-order valence-corrected chi connectivity index (χ4v) is 1.76. The smallest absolute Gasteiger partial charge is 0.189 e. The average molecular weight is 215 g/mol. The quantitative estimate of drug-likeness (QED) is 0.620. The Hall–Kier alpha value is -0.470. The van der Waals surface area contributed by atoms with E-state index in [2.05, 4.69) is 0 Å². The Morgan fingerprint density at radius 1 is 1.07 bits per heavy atom. The van der Waals surface area contributed by atoms with Gasteiger partial charge in [0.1, 0.15) is 0 Å². The van der Waals surface area contributed by atoms with E-state index >= 15 is 0 Å². The molecule has 0 heterocycles. The summed E-state index contributed by atoms with van der Waals surface area (Å²) < 4.78 is 0. The van der Waals surface area contributed by atoms with E-state index in [9.17, 15) is 0 Å². The first-order valence-electron chi connectivity index (χ1n) is 4.39. The molecule has 0 amide bonds. The van der Waals surface area contributed by atoms with E-state index in [1.807, 2.05) is 26.8 Å². The second-order valence-electron chi connectivity index (χ2n) is 4.37. The number of hydrogen-bond acceptors (Lipinski definition) is 3. The summed E-state index contributed by atoms with van der Waals surface area (Å²) in [4.78, 5) is 27.3. The molecular formula is C10H16O3P+. The molecule has 78 valence electrons. The van der Waals surface area contributed by atoms with Crippen molar-refractivity contribution in [3.05, 3.63) is 29.8 Å². The maximum Gasteiger partial charge on any atom is 0.440 e. The molecule has 0 atom stereocenters. The van der Waals surface area contributed by atoms with Crippen LogP contribution in [0.4, 0.5) is 0 Å². The highest BCUT2D eigenvalue weighted by molar-refractivity contribution is 7.66. The molecule has 0 spiro atoms. The first-order chi connectivity index (χ1) is 6.21. The molecule has 0 fully saturated rings. The summed E-state index contributed by atoms with van der Waals surface area (Å²) in [5, 5.41) is 0.199. The fraction of sp³-hybridized carbons (Fsp3) is 0.400. The predicted octanol–water partition coefficient (Wildman–Crippen LogP) is 1.35. The molecule has 4 heteroatoms. The molecule has 0 aliphatic carbocycles. The molecule has 14 heavy (non-hydrogen) atoms. The summed E-state index contributed by atoms with van der Waals surface area (Å²) in [6.45, 7) is 6.08. The third kappa shape index (κ3) is 2.76. The summed E-state index contributed by atoms with van der Waals surface area (Å²) in [6, 6.07) is 6.77. The highest BCUT2D eigenvalue weighted by atomic mass is 31.2.